The Bertz CT molecular complexity index is 1270. The van der Waals surface area contributed by atoms with Gasteiger partial charge in [0.05, 0.1) is 11.6 Å². The zero-order valence-electron chi connectivity index (χ0n) is 16.5. The molecule has 2 heterocycles. The topological polar surface area (TPSA) is 56.5 Å². The van der Waals surface area contributed by atoms with E-state index in [-0.39, 0.29) is 5.56 Å². The van der Waals surface area contributed by atoms with Gasteiger partial charge in [0.1, 0.15) is 5.75 Å². The van der Waals surface area contributed by atoms with E-state index in [0.29, 0.717) is 21.2 Å². The molecule has 2 aromatic heterocycles. The molecule has 0 saturated carbocycles. The number of hydrogen-bond acceptors (Lipinski definition) is 5. The zero-order chi connectivity index (χ0) is 20.4. The van der Waals surface area contributed by atoms with Crippen molar-refractivity contribution >= 4 is 34.5 Å². The standard InChI is InChI=1S/C23H21N3O2S/c1-15(2)18-9-4-17(5-10-18)14-20-22(27)26-23(29-20)24-21(25-26)13-8-16-6-11-19(28-3)12-7-16/h4-15H,1-3H3/b13-8+,20-14+. The van der Waals surface area contributed by atoms with Crippen molar-refractivity contribution in [2.75, 3.05) is 7.11 Å². The van der Waals surface area contributed by atoms with Crippen LogP contribution < -0.4 is 14.8 Å². The van der Waals surface area contributed by atoms with Crippen molar-refractivity contribution in [1.29, 1.82) is 0 Å². The van der Waals surface area contributed by atoms with Crippen LogP contribution in [0.15, 0.2) is 53.3 Å². The molecule has 5 nitrogen and oxygen atoms in total. The minimum Gasteiger partial charge on any atom is -0.497 e. The molecular weight excluding hydrogens is 382 g/mol. The fraction of sp³-hybridized carbons (Fsp3) is 0.174. The van der Waals surface area contributed by atoms with E-state index in [1.165, 1.54) is 21.4 Å². The van der Waals surface area contributed by atoms with E-state index in [0.717, 1.165) is 16.9 Å². The van der Waals surface area contributed by atoms with Crippen molar-refractivity contribution in [3.63, 3.8) is 0 Å². The first-order valence-electron chi connectivity index (χ1n) is 9.37. The lowest BCUT2D eigenvalue weighted by Gasteiger charge is -2.04. The molecule has 0 atom stereocenters. The Morgan fingerprint density at radius 1 is 1.00 bits per heavy atom. The molecule has 0 aliphatic rings. The molecule has 2 aromatic carbocycles. The van der Waals surface area contributed by atoms with Crippen LogP contribution in [0.5, 0.6) is 5.75 Å². The van der Waals surface area contributed by atoms with E-state index in [1.807, 2.05) is 48.6 Å². The van der Waals surface area contributed by atoms with Gasteiger partial charge in [-0.3, -0.25) is 4.79 Å². The van der Waals surface area contributed by atoms with Crippen molar-refractivity contribution in [2.45, 2.75) is 19.8 Å². The van der Waals surface area contributed by atoms with Crippen LogP contribution >= 0.6 is 11.3 Å². The molecule has 0 spiro atoms. The normalized spacial score (nSPS) is 12.5. The minimum atomic E-state index is -0.144. The summed E-state index contributed by atoms with van der Waals surface area (Å²) in [7, 11) is 1.64. The number of methoxy groups -OCH3 is 1. The summed E-state index contributed by atoms with van der Waals surface area (Å²) in [5.41, 5.74) is 3.13. The summed E-state index contributed by atoms with van der Waals surface area (Å²) in [4.78, 5) is 17.7. The number of ether oxygens (including phenoxy) is 1. The fourth-order valence-corrected chi connectivity index (χ4v) is 3.85. The maximum Gasteiger partial charge on any atom is 0.291 e. The van der Waals surface area contributed by atoms with Gasteiger partial charge in [0.25, 0.3) is 5.56 Å². The average molecular weight is 404 g/mol. The Balaban J connectivity index is 1.60. The van der Waals surface area contributed by atoms with E-state index in [9.17, 15) is 4.79 Å². The molecule has 146 valence electrons. The van der Waals surface area contributed by atoms with E-state index in [2.05, 4.69) is 36.1 Å². The van der Waals surface area contributed by atoms with Crippen LogP contribution in [0.25, 0.3) is 23.2 Å². The van der Waals surface area contributed by atoms with Gasteiger partial charge in [0, 0.05) is 0 Å². The van der Waals surface area contributed by atoms with Gasteiger partial charge in [-0.25, -0.2) is 0 Å². The van der Waals surface area contributed by atoms with Crippen molar-refractivity contribution in [2.24, 2.45) is 0 Å². The Labute approximate surface area is 172 Å². The Morgan fingerprint density at radius 3 is 2.31 bits per heavy atom. The molecule has 0 bridgehead atoms. The Morgan fingerprint density at radius 2 is 1.69 bits per heavy atom. The smallest absolute Gasteiger partial charge is 0.291 e. The van der Waals surface area contributed by atoms with Crippen molar-refractivity contribution in [1.82, 2.24) is 14.6 Å². The number of aromatic nitrogens is 3. The minimum absolute atomic E-state index is 0.144. The molecule has 0 N–H and O–H groups in total. The Kier molecular flexibility index (Phi) is 5.27. The number of thiazole rings is 1. The van der Waals surface area contributed by atoms with Gasteiger partial charge in [-0.15, -0.1) is 5.10 Å². The average Bonchev–Trinajstić information content (AvgIpc) is 3.26. The van der Waals surface area contributed by atoms with E-state index in [4.69, 9.17) is 4.74 Å². The highest BCUT2D eigenvalue weighted by molar-refractivity contribution is 7.15. The van der Waals surface area contributed by atoms with Crippen LogP contribution in [0.3, 0.4) is 0 Å². The van der Waals surface area contributed by atoms with Gasteiger partial charge >= 0.3 is 0 Å². The van der Waals surface area contributed by atoms with E-state index < -0.39 is 0 Å². The number of benzene rings is 2. The third-order valence-electron chi connectivity index (χ3n) is 4.64. The summed E-state index contributed by atoms with van der Waals surface area (Å²) in [6, 6.07) is 15.9. The summed E-state index contributed by atoms with van der Waals surface area (Å²) in [5, 5.41) is 4.33. The van der Waals surface area contributed by atoms with Crippen LogP contribution in [0.4, 0.5) is 0 Å². The van der Waals surface area contributed by atoms with Crippen molar-refractivity contribution < 1.29 is 4.74 Å². The largest absolute Gasteiger partial charge is 0.497 e. The molecule has 0 unspecified atom stereocenters. The quantitative estimate of drug-likeness (QED) is 0.505. The SMILES string of the molecule is COc1ccc(/C=C/c2nc3s/c(=C/c4ccc(C(C)C)cc4)c(=O)n3n2)cc1. The van der Waals surface area contributed by atoms with Crippen molar-refractivity contribution in [3.05, 3.63) is 85.9 Å². The predicted octanol–water partition coefficient (Wildman–Crippen LogP) is 4.00. The summed E-state index contributed by atoms with van der Waals surface area (Å²) < 4.78 is 7.15. The van der Waals surface area contributed by atoms with Crippen LogP contribution in [0, 0.1) is 0 Å². The third-order valence-corrected chi connectivity index (χ3v) is 5.60. The maximum absolute atomic E-state index is 12.7. The van der Waals surface area contributed by atoms with Crippen LogP contribution in [0.2, 0.25) is 0 Å². The maximum atomic E-state index is 12.7. The molecule has 4 aromatic rings. The highest BCUT2D eigenvalue weighted by Gasteiger charge is 2.09. The first-order chi connectivity index (χ1) is 14.0. The summed E-state index contributed by atoms with van der Waals surface area (Å²) in [5.74, 6) is 1.80. The van der Waals surface area contributed by atoms with Gasteiger partial charge in [0.2, 0.25) is 4.96 Å². The van der Waals surface area contributed by atoms with Gasteiger partial charge < -0.3 is 4.74 Å². The lowest BCUT2D eigenvalue weighted by Crippen LogP contribution is -2.23. The molecule has 0 aliphatic carbocycles. The zero-order valence-corrected chi connectivity index (χ0v) is 17.3. The Hall–Kier alpha value is -3.25. The van der Waals surface area contributed by atoms with Gasteiger partial charge in [-0.1, -0.05) is 67.7 Å². The van der Waals surface area contributed by atoms with Crippen molar-refractivity contribution in [3.8, 4) is 5.75 Å². The lowest BCUT2D eigenvalue weighted by molar-refractivity contribution is 0.415. The van der Waals surface area contributed by atoms with Crippen LogP contribution in [-0.2, 0) is 0 Å². The molecule has 0 amide bonds. The summed E-state index contributed by atoms with van der Waals surface area (Å²) >= 11 is 1.35. The number of fused-ring (bicyclic) bond motifs is 1. The molecule has 0 fully saturated rings. The molecule has 0 radical (unpaired) electrons. The second kappa shape index (κ2) is 8.01. The van der Waals surface area contributed by atoms with E-state index in [1.54, 1.807) is 13.2 Å². The summed E-state index contributed by atoms with van der Waals surface area (Å²) in [6.45, 7) is 4.32. The highest BCUT2D eigenvalue weighted by Crippen LogP contribution is 2.15. The molecule has 6 heteroatoms. The number of rotatable bonds is 5. The molecule has 4 rings (SSSR count). The van der Waals surface area contributed by atoms with Gasteiger partial charge in [-0.2, -0.15) is 9.50 Å². The molecular formula is C23H21N3O2S. The number of nitrogens with zero attached hydrogens (tertiary/aromatic N) is 3. The molecule has 29 heavy (non-hydrogen) atoms. The second-order valence-electron chi connectivity index (χ2n) is 7.01. The van der Waals surface area contributed by atoms with Gasteiger partial charge in [-0.05, 0) is 46.9 Å². The van der Waals surface area contributed by atoms with E-state index >= 15 is 0 Å². The highest BCUT2D eigenvalue weighted by atomic mass is 32.1. The summed E-state index contributed by atoms with van der Waals surface area (Å²) in [6.07, 6.45) is 5.60. The van der Waals surface area contributed by atoms with Crippen LogP contribution in [0.1, 0.15) is 42.3 Å². The second-order valence-corrected chi connectivity index (χ2v) is 8.02. The lowest BCUT2D eigenvalue weighted by atomic mass is 10.0. The third kappa shape index (κ3) is 4.12. The van der Waals surface area contributed by atoms with Crippen LogP contribution in [-0.4, -0.2) is 21.7 Å². The molecule has 0 aliphatic heterocycles. The fourth-order valence-electron chi connectivity index (χ4n) is 2.93. The predicted molar refractivity (Wildman–Crippen MR) is 118 cm³/mol. The number of hydrogen-bond donors (Lipinski definition) is 0. The first kappa shape index (κ1) is 19.1. The monoisotopic (exact) mass is 403 g/mol. The van der Waals surface area contributed by atoms with Gasteiger partial charge in [0.15, 0.2) is 5.82 Å². The first-order valence-corrected chi connectivity index (χ1v) is 10.2. The molecule has 0 saturated heterocycles.